The van der Waals surface area contributed by atoms with Crippen molar-refractivity contribution in [3.63, 3.8) is 0 Å². The van der Waals surface area contributed by atoms with Gasteiger partial charge in [-0.25, -0.2) is 13.2 Å². The number of fused-ring (bicyclic) bond motifs is 2. The third kappa shape index (κ3) is 5.98. The molecule has 2 aliphatic heterocycles. The van der Waals surface area contributed by atoms with E-state index in [0.29, 0.717) is 32.1 Å². The number of aliphatic hydroxyl groups excluding tert-OH is 1. The zero-order valence-electron chi connectivity index (χ0n) is 21.8. The van der Waals surface area contributed by atoms with Crippen molar-refractivity contribution in [2.24, 2.45) is 17.8 Å². The van der Waals surface area contributed by atoms with Gasteiger partial charge in [-0.05, 0) is 50.4 Å². The van der Waals surface area contributed by atoms with Crippen LogP contribution >= 0.6 is 0 Å². The maximum atomic E-state index is 13.7. The van der Waals surface area contributed by atoms with Crippen molar-refractivity contribution in [2.45, 2.75) is 94.2 Å². The van der Waals surface area contributed by atoms with E-state index >= 15 is 0 Å². The highest BCUT2D eigenvalue weighted by molar-refractivity contribution is 7.91. The maximum absolute atomic E-state index is 13.7. The van der Waals surface area contributed by atoms with Gasteiger partial charge in [0.1, 0.15) is 17.6 Å². The van der Waals surface area contributed by atoms with Crippen LogP contribution in [-0.4, -0.2) is 82.9 Å². The van der Waals surface area contributed by atoms with Crippen LogP contribution in [0.1, 0.15) is 65.2 Å². The lowest BCUT2D eigenvalue weighted by Crippen LogP contribution is -2.59. The Morgan fingerprint density at radius 2 is 1.92 bits per heavy atom. The summed E-state index contributed by atoms with van der Waals surface area (Å²) >= 11 is 0. The monoisotopic (exact) mass is 554 g/mol. The fraction of sp³-hybridized carbons (Fsp3) is 0.760. The van der Waals surface area contributed by atoms with E-state index in [1.165, 1.54) is 4.90 Å². The van der Waals surface area contributed by atoms with Crippen LogP contribution in [0.15, 0.2) is 12.2 Å². The first-order chi connectivity index (χ1) is 17.9. The molecule has 0 aromatic carbocycles. The highest BCUT2D eigenvalue weighted by atomic mass is 32.2. The summed E-state index contributed by atoms with van der Waals surface area (Å²) in [5.41, 5.74) is -1.48. The molecule has 13 heteroatoms. The quantitative estimate of drug-likeness (QED) is 0.304. The van der Waals surface area contributed by atoms with Crippen molar-refractivity contribution in [3.05, 3.63) is 12.2 Å². The van der Waals surface area contributed by atoms with Gasteiger partial charge in [-0.3, -0.25) is 19.1 Å². The fourth-order valence-electron chi connectivity index (χ4n) is 5.78. The molecular formula is C25H38N4O8S. The molecule has 0 aromatic rings. The molecule has 2 aliphatic carbocycles. The minimum absolute atomic E-state index is 0.0802. The molecule has 2 heterocycles. The van der Waals surface area contributed by atoms with Crippen LogP contribution in [-0.2, 0) is 24.4 Å². The van der Waals surface area contributed by atoms with Crippen LogP contribution in [0.2, 0.25) is 0 Å². The average Bonchev–Trinajstić information content (AvgIpc) is 3.75. The number of hydrogen-bond donors (Lipinski definition) is 5. The standard InChI is InChI=1S/C25H38N4O8S/c1-3-15-10-14(2)6-4-5-7-16-12-25(16,23(33)28-38(36,37)18-8-9-18)27-21(31)19-11-17(30)13-29(19)22(32)20(15)26-24(34)35/h5,7,14-20,26,30H,3-4,6,8-13H2,1-2H3,(H,27,31)(H,28,33)(H,34,35)/t14?,15-,16-,17-,19+,20+,25-/m1/s1. The number of amides is 4. The number of hydrogen-bond acceptors (Lipinski definition) is 7. The van der Waals surface area contributed by atoms with Gasteiger partial charge in [-0.2, -0.15) is 0 Å². The van der Waals surface area contributed by atoms with Crippen LogP contribution in [0.5, 0.6) is 0 Å². The minimum atomic E-state index is -3.84. The third-order valence-electron chi connectivity index (χ3n) is 8.27. The summed E-state index contributed by atoms with van der Waals surface area (Å²) in [6.07, 6.45) is 5.02. The maximum Gasteiger partial charge on any atom is 0.405 e. The number of carbonyl (C=O) groups is 4. The first-order valence-electron chi connectivity index (χ1n) is 13.4. The zero-order valence-corrected chi connectivity index (χ0v) is 22.6. The van der Waals surface area contributed by atoms with E-state index in [2.05, 4.69) is 15.4 Å². The molecule has 4 amide bonds. The van der Waals surface area contributed by atoms with Gasteiger partial charge in [0.05, 0.1) is 11.4 Å². The van der Waals surface area contributed by atoms with Crippen molar-refractivity contribution in [1.82, 2.24) is 20.3 Å². The summed E-state index contributed by atoms with van der Waals surface area (Å²) in [7, 11) is -3.84. The SMILES string of the molecule is CC[C@@H]1CC(C)CCC=C[C@@H]2C[C@@]2(C(=O)NS(=O)(=O)C2CC2)NC(=O)[C@@H]2C[C@@H](O)CN2C(=O)[C@H]1NC(=O)O. The second-order valence-electron chi connectivity index (χ2n) is 11.3. The Balaban J connectivity index is 1.65. The molecule has 0 aromatic heterocycles. The Bertz CT molecular complexity index is 1110. The predicted molar refractivity (Wildman–Crippen MR) is 136 cm³/mol. The smallest absolute Gasteiger partial charge is 0.405 e. The molecule has 4 aliphatic rings. The van der Waals surface area contributed by atoms with E-state index in [9.17, 15) is 37.8 Å². The fourth-order valence-corrected chi connectivity index (χ4v) is 7.14. The molecule has 1 saturated heterocycles. The van der Waals surface area contributed by atoms with Crippen molar-refractivity contribution >= 4 is 33.8 Å². The number of carbonyl (C=O) groups excluding carboxylic acids is 3. The van der Waals surface area contributed by atoms with E-state index < -0.39 is 68.7 Å². The van der Waals surface area contributed by atoms with Crippen LogP contribution in [0.4, 0.5) is 4.79 Å². The molecule has 4 rings (SSSR count). The minimum Gasteiger partial charge on any atom is -0.465 e. The second kappa shape index (κ2) is 10.8. The van der Waals surface area contributed by atoms with Crippen LogP contribution < -0.4 is 15.4 Å². The van der Waals surface area contributed by atoms with Crippen molar-refractivity contribution < 1.29 is 37.8 Å². The average molecular weight is 555 g/mol. The third-order valence-corrected chi connectivity index (χ3v) is 10.1. The Kier molecular flexibility index (Phi) is 8.08. The molecule has 1 unspecified atom stereocenters. The lowest BCUT2D eigenvalue weighted by Gasteiger charge is -2.33. The largest absolute Gasteiger partial charge is 0.465 e. The second-order valence-corrected chi connectivity index (χ2v) is 13.2. The molecule has 3 fully saturated rings. The summed E-state index contributed by atoms with van der Waals surface area (Å²) in [6, 6.07) is -2.23. The Morgan fingerprint density at radius 3 is 2.55 bits per heavy atom. The predicted octanol–water partition coefficient (Wildman–Crippen LogP) is 0.470. The number of nitrogens with zero attached hydrogens (tertiary/aromatic N) is 1. The van der Waals surface area contributed by atoms with E-state index in [4.69, 9.17) is 0 Å². The van der Waals surface area contributed by atoms with Crippen LogP contribution in [0.25, 0.3) is 0 Å². The van der Waals surface area contributed by atoms with Crippen molar-refractivity contribution in [1.29, 1.82) is 0 Å². The number of aliphatic hydroxyl groups is 1. The summed E-state index contributed by atoms with van der Waals surface area (Å²) in [5, 5.41) is 24.3. The lowest BCUT2D eigenvalue weighted by molar-refractivity contribution is -0.142. The molecular weight excluding hydrogens is 516 g/mol. The molecule has 38 heavy (non-hydrogen) atoms. The molecule has 0 bridgehead atoms. The highest BCUT2D eigenvalue weighted by Gasteiger charge is 2.62. The molecule has 2 saturated carbocycles. The summed E-state index contributed by atoms with van der Waals surface area (Å²) in [4.78, 5) is 53.2. The molecule has 212 valence electrons. The van der Waals surface area contributed by atoms with E-state index in [0.717, 1.165) is 6.42 Å². The van der Waals surface area contributed by atoms with Crippen molar-refractivity contribution in [2.75, 3.05) is 6.54 Å². The highest BCUT2D eigenvalue weighted by Crippen LogP contribution is 2.46. The normalized spacial score (nSPS) is 36.2. The van der Waals surface area contributed by atoms with E-state index in [-0.39, 0.29) is 31.2 Å². The lowest BCUT2D eigenvalue weighted by atomic mass is 9.85. The van der Waals surface area contributed by atoms with Gasteiger partial charge < -0.3 is 25.7 Å². The zero-order chi connectivity index (χ0) is 27.8. The van der Waals surface area contributed by atoms with Crippen molar-refractivity contribution in [3.8, 4) is 0 Å². The number of sulfonamides is 1. The molecule has 0 spiro atoms. The molecule has 7 atom stereocenters. The summed E-state index contributed by atoms with van der Waals surface area (Å²) in [6.45, 7) is 3.76. The molecule has 5 N–H and O–H groups in total. The van der Waals surface area contributed by atoms with E-state index in [1.54, 1.807) is 0 Å². The first-order valence-corrected chi connectivity index (χ1v) is 14.9. The Hall–Kier alpha value is -2.67. The van der Waals surface area contributed by atoms with Gasteiger partial charge in [0, 0.05) is 18.9 Å². The van der Waals surface area contributed by atoms with Gasteiger partial charge in [-0.15, -0.1) is 0 Å². The molecule has 0 radical (unpaired) electrons. The number of carboxylic acid groups (broad SMARTS) is 1. The topological polar surface area (TPSA) is 182 Å². The Labute approximate surface area is 222 Å². The number of rotatable bonds is 5. The number of nitrogens with one attached hydrogen (secondary N) is 3. The molecule has 12 nitrogen and oxygen atoms in total. The van der Waals surface area contributed by atoms with Gasteiger partial charge in [0.15, 0.2) is 0 Å². The summed E-state index contributed by atoms with van der Waals surface area (Å²) in [5.74, 6) is -2.66. The van der Waals surface area contributed by atoms with Gasteiger partial charge in [-0.1, -0.05) is 32.4 Å². The van der Waals surface area contributed by atoms with Gasteiger partial charge in [0.2, 0.25) is 21.8 Å². The Morgan fingerprint density at radius 1 is 1.21 bits per heavy atom. The van der Waals surface area contributed by atoms with Gasteiger partial charge in [0.25, 0.3) is 5.91 Å². The summed E-state index contributed by atoms with van der Waals surface area (Å²) < 4.78 is 27.1. The van der Waals surface area contributed by atoms with E-state index in [1.807, 2.05) is 26.0 Å². The first kappa shape index (κ1) is 28.3. The number of allylic oxidation sites excluding steroid dienone is 1. The van der Waals surface area contributed by atoms with Gasteiger partial charge >= 0.3 is 6.09 Å². The van der Waals surface area contributed by atoms with Crippen LogP contribution in [0, 0.1) is 17.8 Å². The van der Waals surface area contributed by atoms with Crippen LogP contribution in [0.3, 0.4) is 0 Å².